The molecule has 4 rings (SSSR count). The van der Waals surface area contributed by atoms with E-state index in [-0.39, 0.29) is 0 Å². The van der Waals surface area contributed by atoms with Crippen LogP contribution in [0.2, 0.25) is 0 Å². The minimum absolute atomic E-state index is 0.345. The first-order valence-corrected chi connectivity index (χ1v) is 7.94. The van der Waals surface area contributed by atoms with Gasteiger partial charge >= 0.3 is 0 Å². The number of hydrogen-bond donors (Lipinski definition) is 1. The molecule has 2 aromatic heterocycles. The van der Waals surface area contributed by atoms with Gasteiger partial charge in [-0.15, -0.1) is 0 Å². The first kappa shape index (κ1) is 12.7. The number of nitrogens with one attached hydrogen (secondary N) is 1. The lowest BCUT2D eigenvalue weighted by molar-refractivity contribution is 0.461. The highest BCUT2D eigenvalue weighted by Gasteiger charge is 2.24. The lowest BCUT2D eigenvalue weighted by Gasteiger charge is -2.27. The topological polar surface area (TPSA) is 41.3 Å². The molecule has 1 fully saturated rings. The van der Waals surface area contributed by atoms with E-state index in [1.54, 1.807) is 0 Å². The lowest BCUT2D eigenvalue weighted by atomic mass is 9.93. The van der Waals surface area contributed by atoms with Gasteiger partial charge in [0, 0.05) is 31.3 Å². The van der Waals surface area contributed by atoms with E-state index >= 15 is 0 Å². The van der Waals surface area contributed by atoms with Crippen LogP contribution in [-0.4, -0.2) is 18.1 Å². The molecule has 2 aromatic rings. The third kappa shape index (κ3) is 2.39. The molecule has 1 atom stereocenters. The first-order chi connectivity index (χ1) is 10.4. The second-order valence-electron chi connectivity index (χ2n) is 5.96. The third-order valence-electron chi connectivity index (χ3n) is 4.57. The Kier molecular flexibility index (Phi) is 3.30. The highest BCUT2D eigenvalue weighted by Crippen LogP contribution is 2.35. The van der Waals surface area contributed by atoms with Crippen LogP contribution < -0.4 is 10.2 Å². The van der Waals surface area contributed by atoms with E-state index in [1.807, 2.05) is 18.5 Å². The van der Waals surface area contributed by atoms with Gasteiger partial charge in [-0.05, 0) is 43.9 Å². The minimum Gasteiger partial charge on any atom is -0.469 e. The molecular formula is C17H21N3O. The highest BCUT2D eigenvalue weighted by molar-refractivity contribution is 5.66. The summed E-state index contributed by atoms with van der Waals surface area (Å²) in [5.74, 6) is 2.25. The van der Waals surface area contributed by atoms with E-state index in [0.717, 1.165) is 43.2 Å². The summed E-state index contributed by atoms with van der Waals surface area (Å²) in [7, 11) is 0. The number of aryl methyl sites for hydroxylation is 1. The molecule has 1 saturated heterocycles. The molecule has 21 heavy (non-hydrogen) atoms. The van der Waals surface area contributed by atoms with Crippen molar-refractivity contribution in [2.75, 3.05) is 23.3 Å². The third-order valence-corrected chi connectivity index (χ3v) is 4.57. The van der Waals surface area contributed by atoms with E-state index in [0.29, 0.717) is 6.04 Å². The Bertz CT molecular complexity index is 616. The fourth-order valence-corrected chi connectivity index (χ4v) is 3.51. The maximum atomic E-state index is 5.59. The Balaban J connectivity index is 1.61. The SMILES string of the molecule is c1cnc(N2CCCC2)c(NC2CCCc3occc32)c1. The number of hydrogen-bond acceptors (Lipinski definition) is 4. The van der Waals surface area contributed by atoms with E-state index in [4.69, 9.17) is 4.42 Å². The quantitative estimate of drug-likeness (QED) is 0.931. The van der Waals surface area contributed by atoms with Gasteiger partial charge in [-0.2, -0.15) is 0 Å². The van der Waals surface area contributed by atoms with E-state index in [9.17, 15) is 0 Å². The summed E-state index contributed by atoms with van der Waals surface area (Å²) in [6.07, 6.45) is 9.64. The summed E-state index contributed by atoms with van der Waals surface area (Å²) >= 11 is 0. The predicted molar refractivity (Wildman–Crippen MR) is 83.7 cm³/mol. The smallest absolute Gasteiger partial charge is 0.151 e. The second-order valence-corrected chi connectivity index (χ2v) is 5.96. The fourth-order valence-electron chi connectivity index (χ4n) is 3.51. The van der Waals surface area contributed by atoms with Crippen LogP contribution in [0.4, 0.5) is 11.5 Å². The maximum Gasteiger partial charge on any atom is 0.151 e. The zero-order valence-corrected chi connectivity index (χ0v) is 12.2. The van der Waals surface area contributed by atoms with Crippen LogP contribution in [0.3, 0.4) is 0 Å². The molecule has 0 radical (unpaired) electrons. The highest BCUT2D eigenvalue weighted by atomic mass is 16.3. The van der Waals surface area contributed by atoms with Gasteiger partial charge in [-0.25, -0.2) is 4.98 Å². The van der Waals surface area contributed by atoms with Crippen molar-refractivity contribution < 1.29 is 4.42 Å². The second kappa shape index (κ2) is 5.43. The van der Waals surface area contributed by atoms with Crippen molar-refractivity contribution in [3.05, 3.63) is 42.0 Å². The molecule has 0 spiro atoms. The van der Waals surface area contributed by atoms with Crippen molar-refractivity contribution in [2.45, 2.75) is 38.1 Å². The molecule has 0 saturated carbocycles. The Labute approximate surface area is 125 Å². The van der Waals surface area contributed by atoms with Gasteiger partial charge in [-0.1, -0.05) is 0 Å². The Morgan fingerprint density at radius 1 is 1.19 bits per heavy atom. The van der Waals surface area contributed by atoms with Crippen molar-refractivity contribution in [3.8, 4) is 0 Å². The molecule has 2 aliphatic rings. The Morgan fingerprint density at radius 3 is 3.00 bits per heavy atom. The van der Waals surface area contributed by atoms with Gasteiger partial charge in [0.15, 0.2) is 5.82 Å². The normalized spacial score (nSPS) is 21.3. The number of pyridine rings is 1. The summed E-state index contributed by atoms with van der Waals surface area (Å²) in [6.45, 7) is 2.24. The summed E-state index contributed by atoms with van der Waals surface area (Å²) in [5.41, 5.74) is 2.47. The van der Waals surface area contributed by atoms with Gasteiger partial charge in [0.2, 0.25) is 0 Å². The van der Waals surface area contributed by atoms with Gasteiger partial charge in [0.1, 0.15) is 5.76 Å². The van der Waals surface area contributed by atoms with Crippen molar-refractivity contribution >= 4 is 11.5 Å². The Morgan fingerprint density at radius 2 is 2.10 bits per heavy atom. The van der Waals surface area contributed by atoms with Crippen LogP contribution >= 0.6 is 0 Å². The molecule has 1 aliphatic carbocycles. The monoisotopic (exact) mass is 283 g/mol. The van der Waals surface area contributed by atoms with E-state index < -0.39 is 0 Å². The zero-order valence-electron chi connectivity index (χ0n) is 12.2. The van der Waals surface area contributed by atoms with Crippen molar-refractivity contribution in [3.63, 3.8) is 0 Å². The number of anilines is 2. The molecule has 110 valence electrons. The van der Waals surface area contributed by atoms with Crippen LogP contribution in [0.5, 0.6) is 0 Å². The van der Waals surface area contributed by atoms with Gasteiger partial charge in [0.05, 0.1) is 18.0 Å². The summed E-state index contributed by atoms with van der Waals surface area (Å²) in [5, 5.41) is 3.70. The van der Waals surface area contributed by atoms with Gasteiger partial charge in [-0.3, -0.25) is 0 Å². The standard InChI is InChI=1S/C17H21N3O/c1-2-11-20(10-1)17-15(6-4-9-18-17)19-14-5-3-7-16-13(14)8-12-21-16/h4,6,8-9,12,14,19H,1-3,5,7,10-11H2. The predicted octanol–water partition coefficient (Wildman–Crippen LogP) is 3.76. The number of fused-ring (bicyclic) bond motifs is 1. The van der Waals surface area contributed by atoms with Crippen molar-refractivity contribution in [1.82, 2.24) is 4.98 Å². The van der Waals surface area contributed by atoms with Crippen molar-refractivity contribution in [2.24, 2.45) is 0 Å². The molecule has 4 heteroatoms. The number of aromatic nitrogens is 1. The van der Waals surface area contributed by atoms with E-state index in [2.05, 4.69) is 27.3 Å². The number of furan rings is 1. The van der Waals surface area contributed by atoms with Crippen LogP contribution in [0.15, 0.2) is 35.1 Å². The van der Waals surface area contributed by atoms with Gasteiger partial charge < -0.3 is 14.6 Å². The lowest BCUT2D eigenvalue weighted by Crippen LogP contribution is -2.22. The molecule has 0 amide bonds. The fraction of sp³-hybridized carbons (Fsp3) is 0.471. The summed E-state index contributed by atoms with van der Waals surface area (Å²) < 4.78 is 5.59. The Hall–Kier alpha value is -1.97. The first-order valence-electron chi connectivity index (χ1n) is 7.94. The van der Waals surface area contributed by atoms with E-state index in [1.165, 1.54) is 24.8 Å². The number of nitrogens with zero attached hydrogens (tertiary/aromatic N) is 2. The summed E-state index contributed by atoms with van der Waals surface area (Å²) in [6, 6.07) is 6.62. The molecule has 3 heterocycles. The molecular weight excluding hydrogens is 262 g/mol. The largest absolute Gasteiger partial charge is 0.469 e. The molecule has 0 bridgehead atoms. The van der Waals surface area contributed by atoms with Gasteiger partial charge in [0.25, 0.3) is 0 Å². The van der Waals surface area contributed by atoms with Crippen molar-refractivity contribution in [1.29, 1.82) is 0 Å². The molecule has 1 aliphatic heterocycles. The average Bonchev–Trinajstić information content (AvgIpc) is 3.20. The zero-order chi connectivity index (χ0) is 14.1. The molecule has 4 nitrogen and oxygen atoms in total. The average molecular weight is 283 g/mol. The van der Waals surface area contributed by atoms with Crippen LogP contribution in [0, 0.1) is 0 Å². The molecule has 1 N–H and O–H groups in total. The van der Waals surface area contributed by atoms with Crippen LogP contribution in [0.1, 0.15) is 43.0 Å². The molecule has 0 aromatic carbocycles. The minimum atomic E-state index is 0.345. The van der Waals surface area contributed by atoms with Crippen LogP contribution in [0.25, 0.3) is 0 Å². The summed E-state index contributed by atoms with van der Waals surface area (Å²) in [4.78, 5) is 7.00. The number of rotatable bonds is 3. The maximum absolute atomic E-state index is 5.59. The van der Waals surface area contributed by atoms with Crippen LogP contribution in [-0.2, 0) is 6.42 Å². The molecule has 1 unspecified atom stereocenters.